The summed E-state index contributed by atoms with van der Waals surface area (Å²) in [4.78, 5) is 14.7. The van der Waals surface area contributed by atoms with Crippen LogP contribution in [0.4, 0.5) is 0 Å². The molecule has 3 atom stereocenters. The van der Waals surface area contributed by atoms with Crippen molar-refractivity contribution in [2.24, 2.45) is 5.92 Å². The maximum Gasteiger partial charge on any atom is 0.327 e. The van der Waals surface area contributed by atoms with Gasteiger partial charge in [-0.05, 0) is 59.0 Å². The Morgan fingerprint density at radius 2 is 2.11 bits per heavy atom. The van der Waals surface area contributed by atoms with E-state index in [9.17, 15) is 4.79 Å². The Kier molecular flexibility index (Phi) is 4.85. The zero-order valence-corrected chi connectivity index (χ0v) is 12.6. The highest BCUT2D eigenvalue weighted by molar-refractivity contribution is 5.80. The molecule has 0 aromatic rings. The van der Waals surface area contributed by atoms with Gasteiger partial charge in [0.2, 0.25) is 0 Å². The Bertz CT molecular complexity index is 321. The number of esters is 1. The molecule has 2 fully saturated rings. The number of carbonyl (C=O) groups excluding carboxylic acids is 1. The summed E-state index contributed by atoms with van der Waals surface area (Å²) in [5, 5.41) is 3.17. The van der Waals surface area contributed by atoms with Crippen molar-refractivity contribution < 1.29 is 9.53 Å². The van der Waals surface area contributed by atoms with E-state index in [0.29, 0.717) is 12.6 Å². The molecule has 1 heterocycles. The molecule has 1 aliphatic carbocycles. The van der Waals surface area contributed by atoms with Gasteiger partial charge in [0.25, 0.3) is 0 Å². The standard InChI is InChI=1S/C15H28N2O2/c1-4-19-14(18)15(2,16-3)11-17-10-6-8-12-7-5-9-13(12)17/h12-13,16H,4-11H2,1-3H3. The number of ether oxygens (including phenoxy) is 1. The molecule has 3 unspecified atom stereocenters. The summed E-state index contributed by atoms with van der Waals surface area (Å²) in [5.41, 5.74) is -0.583. The molecule has 0 radical (unpaired) electrons. The second-order valence-electron chi connectivity index (χ2n) is 6.17. The number of nitrogens with one attached hydrogen (secondary N) is 1. The van der Waals surface area contributed by atoms with Crippen molar-refractivity contribution in [1.82, 2.24) is 10.2 Å². The second-order valence-corrected chi connectivity index (χ2v) is 6.17. The maximum atomic E-state index is 12.2. The van der Waals surface area contributed by atoms with Crippen LogP contribution in [0.25, 0.3) is 0 Å². The van der Waals surface area contributed by atoms with Gasteiger partial charge in [0.05, 0.1) is 6.61 Å². The SMILES string of the molecule is CCOC(=O)C(C)(CN1CCCC2CCCC21)NC. The molecule has 4 heteroatoms. The Morgan fingerprint density at radius 1 is 1.37 bits per heavy atom. The monoisotopic (exact) mass is 268 g/mol. The van der Waals surface area contributed by atoms with Gasteiger partial charge >= 0.3 is 5.97 Å². The van der Waals surface area contributed by atoms with Crippen LogP contribution in [0, 0.1) is 5.92 Å². The molecule has 0 bridgehead atoms. The first-order chi connectivity index (χ1) is 9.10. The van der Waals surface area contributed by atoms with Gasteiger partial charge in [-0.3, -0.25) is 9.69 Å². The van der Waals surface area contributed by atoms with Crippen LogP contribution >= 0.6 is 0 Å². The van der Waals surface area contributed by atoms with Crippen molar-refractivity contribution in [2.45, 2.75) is 57.5 Å². The molecule has 0 aromatic carbocycles. The zero-order chi connectivity index (χ0) is 13.9. The van der Waals surface area contributed by atoms with E-state index in [2.05, 4.69) is 10.2 Å². The van der Waals surface area contributed by atoms with Gasteiger partial charge in [-0.2, -0.15) is 0 Å². The van der Waals surface area contributed by atoms with E-state index in [1.165, 1.54) is 32.1 Å². The molecule has 2 rings (SSSR count). The molecule has 2 aliphatic rings. The fraction of sp³-hybridized carbons (Fsp3) is 0.933. The Balaban J connectivity index is 2.02. The lowest BCUT2D eigenvalue weighted by molar-refractivity contribution is -0.151. The zero-order valence-electron chi connectivity index (χ0n) is 12.6. The van der Waals surface area contributed by atoms with Gasteiger partial charge in [0, 0.05) is 12.6 Å². The topological polar surface area (TPSA) is 41.6 Å². The molecule has 1 saturated heterocycles. The Hall–Kier alpha value is -0.610. The van der Waals surface area contributed by atoms with Crippen LogP contribution in [0.3, 0.4) is 0 Å². The number of fused-ring (bicyclic) bond motifs is 1. The summed E-state index contributed by atoms with van der Waals surface area (Å²) in [6.45, 7) is 6.16. The highest BCUT2D eigenvalue weighted by Gasteiger charge is 2.41. The first kappa shape index (κ1) is 14.8. The minimum absolute atomic E-state index is 0.127. The quantitative estimate of drug-likeness (QED) is 0.772. The van der Waals surface area contributed by atoms with Gasteiger partial charge in [0.1, 0.15) is 5.54 Å². The minimum Gasteiger partial charge on any atom is -0.465 e. The molecule has 0 spiro atoms. The van der Waals surface area contributed by atoms with Crippen molar-refractivity contribution in [3.8, 4) is 0 Å². The summed E-state index contributed by atoms with van der Waals surface area (Å²) in [5.74, 6) is 0.731. The van der Waals surface area contributed by atoms with Crippen LogP contribution in [-0.4, -0.2) is 49.2 Å². The van der Waals surface area contributed by atoms with Gasteiger partial charge in [-0.15, -0.1) is 0 Å². The molecule has 1 aliphatic heterocycles. The molecular formula is C15H28N2O2. The van der Waals surface area contributed by atoms with E-state index < -0.39 is 5.54 Å². The van der Waals surface area contributed by atoms with Crippen LogP contribution < -0.4 is 5.32 Å². The molecular weight excluding hydrogens is 240 g/mol. The lowest BCUT2D eigenvalue weighted by atomic mass is 9.90. The predicted molar refractivity (Wildman–Crippen MR) is 76.0 cm³/mol. The van der Waals surface area contributed by atoms with Crippen LogP contribution in [0.2, 0.25) is 0 Å². The van der Waals surface area contributed by atoms with Gasteiger partial charge in [-0.25, -0.2) is 0 Å². The fourth-order valence-electron chi connectivity index (χ4n) is 3.70. The minimum atomic E-state index is -0.583. The third-order valence-corrected chi connectivity index (χ3v) is 4.91. The highest BCUT2D eigenvalue weighted by atomic mass is 16.5. The Morgan fingerprint density at radius 3 is 2.79 bits per heavy atom. The number of piperidine rings is 1. The number of hydrogen-bond acceptors (Lipinski definition) is 4. The first-order valence-electron chi connectivity index (χ1n) is 7.71. The molecule has 4 nitrogen and oxygen atoms in total. The third-order valence-electron chi connectivity index (χ3n) is 4.91. The van der Waals surface area contributed by atoms with E-state index in [-0.39, 0.29) is 5.97 Å². The predicted octanol–water partition coefficient (Wildman–Crippen LogP) is 1.79. The largest absolute Gasteiger partial charge is 0.465 e. The van der Waals surface area contributed by atoms with Gasteiger partial charge in [0.15, 0.2) is 0 Å². The van der Waals surface area contributed by atoms with Crippen LogP contribution in [0.5, 0.6) is 0 Å². The van der Waals surface area contributed by atoms with Crippen LogP contribution in [0.15, 0.2) is 0 Å². The summed E-state index contributed by atoms with van der Waals surface area (Å²) in [7, 11) is 1.85. The average molecular weight is 268 g/mol. The summed E-state index contributed by atoms with van der Waals surface area (Å²) < 4.78 is 5.22. The lowest BCUT2D eigenvalue weighted by Crippen LogP contribution is -2.59. The van der Waals surface area contributed by atoms with Crippen LogP contribution in [-0.2, 0) is 9.53 Å². The molecule has 1 saturated carbocycles. The van der Waals surface area contributed by atoms with E-state index in [0.717, 1.165) is 19.0 Å². The van der Waals surface area contributed by atoms with Crippen molar-refractivity contribution in [2.75, 3.05) is 26.7 Å². The number of carbonyl (C=O) groups is 1. The lowest BCUT2D eigenvalue weighted by Gasteiger charge is -2.42. The normalized spacial score (nSPS) is 30.7. The van der Waals surface area contributed by atoms with E-state index >= 15 is 0 Å². The number of rotatable bonds is 5. The average Bonchev–Trinajstić information content (AvgIpc) is 2.88. The molecule has 0 aromatic heterocycles. The fourth-order valence-corrected chi connectivity index (χ4v) is 3.70. The van der Waals surface area contributed by atoms with Gasteiger partial charge < -0.3 is 10.1 Å². The molecule has 1 N–H and O–H groups in total. The van der Waals surface area contributed by atoms with Crippen molar-refractivity contribution >= 4 is 5.97 Å². The van der Waals surface area contributed by atoms with E-state index in [1.54, 1.807) is 0 Å². The summed E-state index contributed by atoms with van der Waals surface area (Å²) >= 11 is 0. The van der Waals surface area contributed by atoms with E-state index in [1.807, 2.05) is 20.9 Å². The summed E-state index contributed by atoms with van der Waals surface area (Å²) in [6.07, 6.45) is 6.66. The molecule has 0 amide bonds. The highest BCUT2D eigenvalue weighted by Crippen LogP contribution is 2.37. The first-order valence-corrected chi connectivity index (χ1v) is 7.71. The summed E-state index contributed by atoms with van der Waals surface area (Å²) in [6, 6.07) is 0.691. The van der Waals surface area contributed by atoms with E-state index in [4.69, 9.17) is 4.74 Å². The number of hydrogen-bond donors (Lipinski definition) is 1. The third kappa shape index (κ3) is 3.11. The molecule has 19 heavy (non-hydrogen) atoms. The number of nitrogens with zero attached hydrogens (tertiary/aromatic N) is 1. The van der Waals surface area contributed by atoms with Crippen LogP contribution in [0.1, 0.15) is 46.0 Å². The smallest absolute Gasteiger partial charge is 0.327 e. The van der Waals surface area contributed by atoms with Gasteiger partial charge in [-0.1, -0.05) is 6.42 Å². The molecule has 110 valence electrons. The Labute approximate surface area is 116 Å². The van der Waals surface area contributed by atoms with Crippen molar-refractivity contribution in [1.29, 1.82) is 0 Å². The number of likely N-dealkylation sites (N-methyl/N-ethyl adjacent to an activating group) is 1. The van der Waals surface area contributed by atoms with Crippen molar-refractivity contribution in [3.63, 3.8) is 0 Å². The number of likely N-dealkylation sites (tertiary alicyclic amines) is 1. The second kappa shape index (κ2) is 6.23. The van der Waals surface area contributed by atoms with Crippen molar-refractivity contribution in [3.05, 3.63) is 0 Å². The maximum absolute atomic E-state index is 12.2.